The van der Waals surface area contributed by atoms with Crippen molar-refractivity contribution < 1.29 is 29.0 Å². The molecule has 1 aromatic heterocycles. The molecule has 2 heterocycles. The first-order valence-corrected chi connectivity index (χ1v) is 9.61. The van der Waals surface area contributed by atoms with Crippen molar-refractivity contribution in [2.45, 2.75) is 19.4 Å². The van der Waals surface area contributed by atoms with E-state index in [9.17, 15) is 24.6 Å². The van der Waals surface area contributed by atoms with Crippen molar-refractivity contribution in [3.05, 3.63) is 58.0 Å². The standard InChI is InChI=1S/C22H18N2O6/c1-9-13(22(29)24-10-6-7-23-8-10)16-19(27)14-15(20(28)21(16)30-9)18(26)12-5-3-2-4-11(12)17(14)25/h2-5,10,23,25-26H,6-8H2,1H3,(H,24,29)/t10-/m1/s1. The average Bonchev–Trinajstić information content (AvgIpc) is 3.36. The second-order valence-corrected chi connectivity index (χ2v) is 7.55. The Hall–Kier alpha value is -3.65. The lowest BCUT2D eigenvalue weighted by Gasteiger charge is -2.19. The minimum absolute atomic E-state index is 0.0204. The molecule has 30 heavy (non-hydrogen) atoms. The molecule has 1 aliphatic carbocycles. The van der Waals surface area contributed by atoms with Gasteiger partial charge in [0.2, 0.25) is 11.6 Å². The van der Waals surface area contributed by atoms with Crippen LogP contribution in [0.1, 0.15) is 54.6 Å². The number of phenolic OH excluding ortho intramolecular Hbond substituents is 2. The highest BCUT2D eigenvalue weighted by molar-refractivity contribution is 6.33. The number of rotatable bonds is 2. The maximum absolute atomic E-state index is 13.4. The monoisotopic (exact) mass is 406 g/mol. The number of carbonyl (C=O) groups is 3. The fourth-order valence-corrected chi connectivity index (χ4v) is 4.31. The number of phenols is 2. The van der Waals surface area contributed by atoms with Gasteiger partial charge in [-0.25, -0.2) is 0 Å². The highest BCUT2D eigenvalue weighted by atomic mass is 16.4. The molecule has 5 rings (SSSR count). The largest absolute Gasteiger partial charge is 0.506 e. The van der Waals surface area contributed by atoms with Gasteiger partial charge in [-0.2, -0.15) is 0 Å². The van der Waals surface area contributed by atoms with Crippen LogP contribution in [0.2, 0.25) is 0 Å². The molecular formula is C22H18N2O6. The van der Waals surface area contributed by atoms with Crippen LogP contribution in [-0.2, 0) is 0 Å². The fraction of sp³-hybridized carbons (Fsp3) is 0.227. The van der Waals surface area contributed by atoms with Gasteiger partial charge >= 0.3 is 0 Å². The molecule has 4 N–H and O–H groups in total. The maximum Gasteiger partial charge on any atom is 0.255 e. The van der Waals surface area contributed by atoms with Gasteiger partial charge in [-0.05, 0) is 19.9 Å². The molecule has 0 saturated carbocycles. The number of ketones is 2. The number of fused-ring (bicyclic) bond motifs is 3. The zero-order valence-electron chi connectivity index (χ0n) is 16.0. The molecule has 0 bridgehead atoms. The molecule has 1 atom stereocenters. The second kappa shape index (κ2) is 6.43. The van der Waals surface area contributed by atoms with E-state index in [4.69, 9.17) is 4.42 Å². The van der Waals surface area contributed by atoms with Crippen molar-refractivity contribution in [3.63, 3.8) is 0 Å². The minimum atomic E-state index is -0.747. The van der Waals surface area contributed by atoms with Crippen molar-refractivity contribution in [1.82, 2.24) is 10.6 Å². The van der Waals surface area contributed by atoms with Gasteiger partial charge in [-0.15, -0.1) is 0 Å². The molecular weight excluding hydrogens is 388 g/mol. The normalized spacial score (nSPS) is 17.8. The highest BCUT2D eigenvalue weighted by Gasteiger charge is 2.42. The molecule has 152 valence electrons. The average molecular weight is 406 g/mol. The zero-order chi connectivity index (χ0) is 21.2. The van der Waals surface area contributed by atoms with E-state index in [1.807, 2.05) is 0 Å². The van der Waals surface area contributed by atoms with Gasteiger partial charge in [0.15, 0.2) is 5.76 Å². The summed E-state index contributed by atoms with van der Waals surface area (Å²) in [4.78, 5) is 39.4. The third-order valence-corrected chi connectivity index (χ3v) is 5.76. The number of nitrogens with one attached hydrogen (secondary N) is 2. The minimum Gasteiger partial charge on any atom is -0.506 e. The van der Waals surface area contributed by atoms with Crippen LogP contribution < -0.4 is 10.6 Å². The Labute approximate surface area is 170 Å². The molecule has 8 heteroatoms. The van der Waals surface area contributed by atoms with Crippen molar-refractivity contribution in [2.24, 2.45) is 0 Å². The molecule has 1 fully saturated rings. The number of hydrogen-bond donors (Lipinski definition) is 4. The Balaban J connectivity index is 1.70. The first-order valence-electron chi connectivity index (χ1n) is 9.61. The highest BCUT2D eigenvalue weighted by Crippen LogP contribution is 2.45. The van der Waals surface area contributed by atoms with E-state index in [2.05, 4.69) is 10.6 Å². The maximum atomic E-state index is 13.4. The van der Waals surface area contributed by atoms with Crippen LogP contribution in [0, 0.1) is 6.92 Å². The first-order chi connectivity index (χ1) is 14.4. The summed E-state index contributed by atoms with van der Waals surface area (Å²) >= 11 is 0. The van der Waals surface area contributed by atoms with Gasteiger partial charge in [-0.3, -0.25) is 14.4 Å². The topological polar surface area (TPSA) is 129 Å². The van der Waals surface area contributed by atoms with Crippen LogP contribution in [0.25, 0.3) is 10.8 Å². The van der Waals surface area contributed by atoms with E-state index in [0.29, 0.717) is 6.54 Å². The number of benzene rings is 2. The lowest BCUT2D eigenvalue weighted by atomic mass is 9.83. The predicted molar refractivity (Wildman–Crippen MR) is 106 cm³/mol. The Morgan fingerprint density at radius 3 is 2.30 bits per heavy atom. The molecule has 1 amide bonds. The van der Waals surface area contributed by atoms with E-state index in [0.717, 1.165) is 13.0 Å². The Morgan fingerprint density at radius 2 is 1.70 bits per heavy atom. The zero-order valence-corrected chi connectivity index (χ0v) is 16.0. The Morgan fingerprint density at radius 1 is 1.07 bits per heavy atom. The number of aryl methyl sites for hydroxylation is 1. The van der Waals surface area contributed by atoms with Crippen molar-refractivity contribution >= 4 is 28.2 Å². The van der Waals surface area contributed by atoms with Gasteiger partial charge in [-0.1, -0.05) is 24.3 Å². The summed E-state index contributed by atoms with van der Waals surface area (Å²) in [5.74, 6) is -2.98. The van der Waals surface area contributed by atoms with Gasteiger partial charge in [0.1, 0.15) is 17.3 Å². The van der Waals surface area contributed by atoms with Crippen molar-refractivity contribution in [2.75, 3.05) is 13.1 Å². The summed E-state index contributed by atoms with van der Waals surface area (Å²) in [7, 11) is 0. The molecule has 1 saturated heterocycles. The summed E-state index contributed by atoms with van der Waals surface area (Å²) in [6.07, 6.45) is 0.751. The van der Waals surface area contributed by atoms with Gasteiger partial charge in [0.25, 0.3) is 5.91 Å². The van der Waals surface area contributed by atoms with Crippen LogP contribution >= 0.6 is 0 Å². The number of furan rings is 1. The van der Waals surface area contributed by atoms with E-state index >= 15 is 0 Å². The fourth-order valence-electron chi connectivity index (χ4n) is 4.31. The van der Waals surface area contributed by atoms with Crippen LogP contribution in [0.4, 0.5) is 0 Å². The van der Waals surface area contributed by atoms with E-state index < -0.39 is 29.0 Å². The van der Waals surface area contributed by atoms with Gasteiger partial charge in [0, 0.05) is 23.4 Å². The third-order valence-electron chi connectivity index (χ3n) is 5.76. The number of carbonyl (C=O) groups excluding carboxylic acids is 3. The van der Waals surface area contributed by atoms with Crippen molar-refractivity contribution in [3.8, 4) is 11.5 Å². The molecule has 3 aromatic rings. The Kier molecular flexibility index (Phi) is 3.94. The summed E-state index contributed by atoms with van der Waals surface area (Å²) in [6.45, 7) is 2.89. The van der Waals surface area contributed by atoms with Gasteiger partial charge < -0.3 is 25.3 Å². The van der Waals surface area contributed by atoms with Crippen LogP contribution in [-0.4, -0.2) is 46.8 Å². The Bertz CT molecular complexity index is 1270. The summed E-state index contributed by atoms with van der Waals surface area (Å²) in [6, 6.07) is 6.28. The molecule has 2 aliphatic rings. The van der Waals surface area contributed by atoms with Crippen LogP contribution in [0.3, 0.4) is 0 Å². The molecule has 0 radical (unpaired) electrons. The van der Waals surface area contributed by atoms with Crippen LogP contribution in [0.5, 0.6) is 11.5 Å². The quantitative estimate of drug-likeness (QED) is 0.375. The van der Waals surface area contributed by atoms with E-state index in [-0.39, 0.29) is 50.6 Å². The van der Waals surface area contributed by atoms with E-state index in [1.165, 1.54) is 6.92 Å². The molecule has 1 aliphatic heterocycles. The third kappa shape index (κ3) is 2.40. The van der Waals surface area contributed by atoms with E-state index in [1.54, 1.807) is 24.3 Å². The lowest BCUT2D eigenvalue weighted by Crippen LogP contribution is -2.37. The summed E-state index contributed by atoms with van der Waals surface area (Å²) in [5, 5.41) is 27.9. The lowest BCUT2D eigenvalue weighted by molar-refractivity contribution is 0.0926. The molecule has 8 nitrogen and oxygen atoms in total. The molecule has 0 unspecified atom stereocenters. The van der Waals surface area contributed by atoms with Gasteiger partial charge in [0.05, 0.1) is 22.3 Å². The smallest absolute Gasteiger partial charge is 0.255 e. The summed E-state index contributed by atoms with van der Waals surface area (Å²) < 4.78 is 5.53. The summed E-state index contributed by atoms with van der Waals surface area (Å²) in [5.41, 5.74) is -0.836. The number of amides is 1. The second-order valence-electron chi connectivity index (χ2n) is 7.55. The number of aromatic hydroxyl groups is 2. The van der Waals surface area contributed by atoms with Crippen molar-refractivity contribution in [1.29, 1.82) is 0 Å². The predicted octanol–water partition coefficient (Wildman–Crippen LogP) is 2.02. The molecule has 0 spiro atoms. The van der Waals surface area contributed by atoms with Crippen LogP contribution in [0.15, 0.2) is 28.7 Å². The first kappa shape index (κ1) is 18.4. The number of hydrogen-bond acceptors (Lipinski definition) is 7. The SMILES string of the molecule is Cc1oc2c(c1C(=O)N[C@@H]1CCNC1)C(=O)c1c(c(O)c3ccccc3c1O)C2=O. The molecule has 2 aromatic carbocycles.